The summed E-state index contributed by atoms with van der Waals surface area (Å²) in [5.41, 5.74) is 2.50. The highest BCUT2D eigenvalue weighted by Gasteiger charge is 2.10. The Bertz CT molecular complexity index is 613. The molecule has 20 heavy (non-hydrogen) atoms. The van der Waals surface area contributed by atoms with Crippen molar-refractivity contribution in [2.75, 3.05) is 12.4 Å². The molecule has 1 atom stereocenters. The van der Waals surface area contributed by atoms with Gasteiger partial charge in [-0.15, -0.1) is 0 Å². The number of halogens is 1. The minimum atomic E-state index is -0.375. The van der Waals surface area contributed by atoms with Crippen LogP contribution in [0, 0.1) is 12.7 Å². The first-order valence-electron chi connectivity index (χ1n) is 6.41. The lowest BCUT2D eigenvalue weighted by atomic mass is 10.1. The monoisotopic (exact) mass is 275 g/mol. The fourth-order valence-electron chi connectivity index (χ4n) is 2.03. The van der Waals surface area contributed by atoms with Crippen LogP contribution in [0.2, 0.25) is 0 Å². The van der Waals surface area contributed by atoms with Crippen LogP contribution >= 0.6 is 0 Å². The van der Waals surface area contributed by atoms with Gasteiger partial charge in [0.15, 0.2) is 11.6 Å². The van der Waals surface area contributed by atoms with Gasteiger partial charge in [-0.05, 0) is 55.3 Å². The van der Waals surface area contributed by atoms with Gasteiger partial charge in [0.05, 0.1) is 7.11 Å². The summed E-state index contributed by atoms with van der Waals surface area (Å²) in [6.45, 7) is 3.78. The quantitative estimate of drug-likeness (QED) is 0.828. The predicted octanol–water partition coefficient (Wildman–Crippen LogP) is 4.02. The van der Waals surface area contributed by atoms with Gasteiger partial charge in [-0.25, -0.2) is 4.39 Å². The van der Waals surface area contributed by atoms with Crippen molar-refractivity contribution in [1.29, 1.82) is 0 Å². The second-order valence-corrected chi connectivity index (χ2v) is 4.76. The predicted molar refractivity (Wildman–Crippen MR) is 77.8 cm³/mol. The summed E-state index contributed by atoms with van der Waals surface area (Å²) in [5, 5.41) is 12.8. The molecule has 0 heterocycles. The Morgan fingerprint density at radius 1 is 1.20 bits per heavy atom. The van der Waals surface area contributed by atoms with E-state index in [1.54, 1.807) is 18.2 Å². The Morgan fingerprint density at radius 3 is 2.55 bits per heavy atom. The summed E-state index contributed by atoms with van der Waals surface area (Å²) in [6, 6.07) is 10.1. The Morgan fingerprint density at radius 2 is 1.95 bits per heavy atom. The van der Waals surface area contributed by atoms with E-state index in [4.69, 9.17) is 4.74 Å². The third kappa shape index (κ3) is 3.02. The number of phenolic OH excluding ortho intramolecular Hbond substituents is 1. The molecule has 3 nitrogen and oxygen atoms in total. The Balaban J connectivity index is 2.17. The molecule has 0 aliphatic carbocycles. The van der Waals surface area contributed by atoms with Crippen LogP contribution in [-0.4, -0.2) is 12.2 Å². The van der Waals surface area contributed by atoms with Crippen molar-refractivity contribution in [1.82, 2.24) is 0 Å². The molecule has 2 aromatic rings. The van der Waals surface area contributed by atoms with Gasteiger partial charge in [0, 0.05) is 11.7 Å². The SMILES string of the molecule is COc1ccc(C(C)Nc2ccc(O)c(C)c2)cc1F. The molecule has 0 aliphatic heterocycles. The summed E-state index contributed by atoms with van der Waals surface area (Å²) in [4.78, 5) is 0. The third-order valence-electron chi connectivity index (χ3n) is 3.26. The molecule has 2 rings (SSSR count). The zero-order valence-electron chi connectivity index (χ0n) is 11.8. The second-order valence-electron chi connectivity index (χ2n) is 4.76. The van der Waals surface area contributed by atoms with Gasteiger partial charge in [0.25, 0.3) is 0 Å². The maximum absolute atomic E-state index is 13.7. The number of aromatic hydroxyl groups is 1. The smallest absolute Gasteiger partial charge is 0.165 e. The number of anilines is 1. The van der Waals surface area contributed by atoms with Gasteiger partial charge < -0.3 is 15.2 Å². The molecule has 106 valence electrons. The fourth-order valence-corrected chi connectivity index (χ4v) is 2.03. The number of phenols is 1. The molecule has 0 spiro atoms. The lowest BCUT2D eigenvalue weighted by Crippen LogP contribution is -2.07. The number of rotatable bonds is 4. The largest absolute Gasteiger partial charge is 0.508 e. The average Bonchev–Trinajstić information content (AvgIpc) is 2.42. The Kier molecular flexibility index (Phi) is 4.13. The number of aryl methyl sites for hydroxylation is 1. The number of benzene rings is 2. The summed E-state index contributed by atoms with van der Waals surface area (Å²) >= 11 is 0. The van der Waals surface area contributed by atoms with Gasteiger partial charge in [-0.2, -0.15) is 0 Å². The summed E-state index contributed by atoms with van der Waals surface area (Å²) in [6.07, 6.45) is 0. The highest BCUT2D eigenvalue weighted by Crippen LogP contribution is 2.26. The molecule has 0 aromatic heterocycles. The van der Waals surface area contributed by atoms with Gasteiger partial charge in [0.2, 0.25) is 0 Å². The van der Waals surface area contributed by atoms with Crippen LogP contribution in [0.1, 0.15) is 24.1 Å². The molecule has 2 N–H and O–H groups in total. The average molecular weight is 275 g/mol. The van der Waals surface area contributed by atoms with Crippen LogP contribution < -0.4 is 10.1 Å². The van der Waals surface area contributed by atoms with Crippen molar-refractivity contribution in [3.05, 3.63) is 53.3 Å². The van der Waals surface area contributed by atoms with Gasteiger partial charge in [-0.3, -0.25) is 0 Å². The van der Waals surface area contributed by atoms with Crippen LogP contribution in [0.15, 0.2) is 36.4 Å². The third-order valence-corrected chi connectivity index (χ3v) is 3.26. The molecule has 0 aliphatic rings. The Labute approximate surface area is 118 Å². The lowest BCUT2D eigenvalue weighted by molar-refractivity contribution is 0.386. The number of ether oxygens (including phenoxy) is 1. The summed E-state index contributed by atoms with van der Waals surface area (Å²) < 4.78 is 18.6. The lowest BCUT2D eigenvalue weighted by Gasteiger charge is -2.17. The van der Waals surface area contributed by atoms with E-state index in [1.165, 1.54) is 13.2 Å². The van der Waals surface area contributed by atoms with Gasteiger partial charge in [0.1, 0.15) is 5.75 Å². The fraction of sp³-hybridized carbons (Fsp3) is 0.250. The molecular formula is C16H18FNO2. The normalized spacial score (nSPS) is 12.0. The summed E-state index contributed by atoms with van der Waals surface area (Å²) in [5.74, 6) is 0.126. The Hall–Kier alpha value is -2.23. The van der Waals surface area contributed by atoms with E-state index < -0.39 is 0 Å². The van der Waals surface area contributed by atoms with Crippen molar-refractivity contribution in [2.24, 2.45) is 0 Å². The van der Waals surface area contributed by atoms with E-state index in [0.717, 1.165) is 16.8 Å². The van der Waals surface area contributed by atoms with Crippen molar-refractivity contribution in [3.63, 3.8) is 0 Å². The van der Waals surface area contributed by atoms with Crippen molar-refractivity contribution in [2.45, 2.75) is 19.9 Å². The first-order valence-corrected chi connectivity index (χ1v) is 6.41. The minimum Gasteiger partial charge on any atom is -0.508 e. The zero-order chi connectivity index (χ0) is 14.7. The molecule has 2 aromatic carbocycles. The first kappa shape index (κ1) is 14.2. The molecule has 4 heteroatoms. The van der Waals surface area contributed by atoms with E-state index in [2.05, 4.69) is 5.32 Å². The maximum atomic E-state index is 13.7. The first-order chi connectivity index (χ1) is 9.51. The van der Waals surface area contributed by atoms with Crippen LogP contribution in [0.5, 0.6) is 11.5 Å². The van der Waals surface area contributed by atoms with Crippen LogP contribution in [0.3, 0.4) is 0 Å². The zero-order valence-corrected chi connectivity index (χ0v) is 11.8. The van der Waals surface area contributed by atoms with Crippen LogP contribution in [-0.2, 0) is 0 Å². The number of hydrogen-bond acceptors (Lipinski definition) is 3. The molecule has 0 bridgehead atoms. The standard InChI is InChI=1S/C16H18FNO2/c1-10-8-13(5-6-15(10)19)18-11(2)12-4-7-16(20-3)14(17)9-12/h4-9,11,18-19H,1-3H3. The van der Waals surface area contributed by atoms with E-state index >= 15 is 0 Å². The van der Waals surface area contributed by atoms with E-state index in [1.807, 2.05) is 26.0 Å². The highest BCUT2D eigenvalue weighted by molar-refractivity contribution is 5.51. The van der Waals surface area contributed by atoms with Crippen LogP contribution in [0.25, 0.3) is 0 Å². The molecular weight excluding hydrogens is 257 g/mol. The van der Waals surface area contributed by atoms with E-state index in [0.29, 0.717) is 0 Å². The van der Waals surface area contributed by atoms with Crippen molar-refractivity contribution < 1.29 is 14.2 Å². The van der Waals surface area contributed by atoms with E-state index in [-0.39, 0.29) is 23.4 Å². The highest BCUT2D eigenvalue weighted by atomic mass is 19.1. The van der Waals surface area contributed by atoms with Crippen molar-refractivity contribution >= 4 is 5.69 Å². The molecule has 0 saturated carbocycles. The summed E-state index contributed by atoms with van der Waals surface area (Å²) in [7, 11) is 1.44. The van der Waals surface area contributed by atoms with Gasteiger partial charge in [-0.1, -0.05) is 6.07 Å². The second kappa shape index (κ2) is 5.82. The minimum absolute atomic E-state index is 0.0562. The molecule has 0 amide bonds. The topological polar surface area (TPSA) is 41.5 Å². The molecule has 0 saturated heterocycles. The van der Waals surface area contributed by atoms with Gasteiger partial charge >= 0.3 is 0 Å². The number of nitrogens with one attached hydrogen (secondary N) is 1. The number of methoxy groups -OCH3 is 1. The maximum Gasteiger partial charge on any atom is 0.165 e. The van der Waals surface area contributed by atoms with Crippen molar-refractivity contribution in [3.8, 4) is 11.5 Å². The van der Waals surface area contributed by atoms with Crippen LogP contribution in [0.4, 0.5) is 10.1 Å². The molecule has 1 unspecified atom stereocenters. The molecule has 0 radical (unpaired) electrons. The van der Waals surface area contributed by atoms with E-state index in [9.17, 15) is 9.50 Å². The molecule has 0 fully saturated rings. The number of hydrogen-bond donors (Lipinski definition) is 2.